The van der Waals surface area contributed by atoms with Gasteiger partial charge in [0.1, 0.15) is 12.1 Å². The van der Waals surface area contributed by atoms with E-state index in [9.17, 15) is 5.11 Å². The molecule has 4 nitrogen and oxygen atoms in total. The molecule has 2 N–H and O–H groups in total. The molecule has 0 saturated carbocycles. The number of benzene rings is 2. The van der Waals surface area contributed by atoms with E-state index in [1.54, 1.807) is 30.6 Å². The van der Waals surface area contributed by atoms with Crippen molar-refractivity contribution >= 4 is 39.9 Å². The fourth-order valence-corrected chi connectivity index (χ4v) is 2.82. The third-order valence-corrected chi connectivity index (χ3v) is 4.28. The van der Waals surface area contributed by atoms with Gasteiger partial charge >= 0.3 is 0 Å². The van der Waals surface area contributed by atoms with Crippen molar-refractivity contribution in [3.05, 3.63) is 76.4 Å². The molecule has 0 unspecified atom stereocenters. The number of phenolic OH excluding ortho intramolecular Hbond substituents is 1. The lowest BCUT2D eigenvalue weighted by molar-refractivity contribution is 0.473. The monoisotopic (exact) mass is 411 g/mol. The predicted molar refractivity (Wildman–Crippen MR) is 115 cm³/mol. The summed E-state index contributed by atoms with van der Waals surface area (Å²) in [5.41, 5.74) is 4.57. The van der Waals surface area contributed by atoms with Crippen molar-refractivity contribution in [1.82, 2.24) is 0 Å². The van der Waals surface area contributed by atoms with Crippen molar-refractivity contribution in [1.29, 1.82) is 0 Å². The number of rotatable bonds is 7. The van der Waals surface area contributed by atoms with Gasteiger partial charge in [0.25, 0.3) is 0 Å². The van der Waals surface area contributed by atoms with E-state index in [1.807, 2.05) is 12.1 Å². The molecule has 0 heterocycles. The Labute approximate surface area is 162 Å². The van der Waals surface area contributed by atoms with Crippen LogP contribution < -0.4 is 5.32 Å². The predicted octanol–water partition coefficient (Wildman–Crippen LogP) is 5.72. The second kappa shape index (κ2) is 9.73. The molecular weight excluding hydrogens is 390 g/mol. The van der Waals surface area contributed by atoms with Gasteiger partial charge in [0, 0.05) is 28.1 Å². The molecule has 134 valence electrons. The van der Waals surface area contributed by atoms with Crippen LogP contribution in [0.2, 0.25) is 0 Å². The highest BCUT2D eigenvalue weighted by Gasteiger charge is 2.08. The Hall–Kier alpha value is -2.66. The molecule has 0 fully saturated rings. The number of aromatic hydroxyl groups is 1. The van der Waals surface area contributed by atoms with Crippen LogP contribution in [0.4, 0.5) is 5.69 Å². The van der Waals surface area contributed by atoms with E-state index in [0.717, 1.165) is 22.1 Å². The molecule has 26 heavy (non-hydrogen) atoms. The first-order valence-corrected chi connectivity index (χ1v) is 9.07. The van der Waals surface area contributed by atoms with Crippen LogP contribution in [-0.2, 0) is 6.42 Å². The third-order valence-electron chi connectivity index (χ3n) is 3.78. The van der Waals surface area contributed by atoms with Gasteiger partial charge in [-0.15, -0.1) is 0 Å². The lowest BCUT2D eigenvalue weighted by Gasteiger charge is -2.12. The number of hydrogen-bond donors (Lipinski definition) is 2. The van der Waals surface area contributed by atoms with Crippen LogP contribution in [0.1, 0.15) is 23.6 Å². The van der Waals surface area contributed by atoms with E-state index >= 15 is 0 Å². The van der Waals surface area contributed by atoms with Crippen molar-refractivity contribution in [2.24, 2.45) is 9.98 Å². The number of halogens is 1. The summed E-state index contributed by atoms with van der Waals surface area (Å²) in [6.45, 7) is 7.76. The van der Waals surface area contributed by atoms with Crippen LogP contribution in [0, 0.1) is 6.92 Å². The van der Waals surface area contributed by atoms with E-state index in [0.29, 0.717) is 11.3 Å². The van der Waals surface area contributed by atoms with E-state index in [2.05, 4.69) is 63.8 Å². The summed E-state index contributed by atoms with van der Waals surface area (Å²) in [5.74, 6) is 0.145. The van der Waals surface area contributed by atoms with E-state index < -0.39 is 0 Å². The summed E-state index contributed by atoms with van der Waals surface area (Å²) in [7, 11) is 0. The van der Waals surface area contributed by atoms with Crippen molar-refractivity contribution in [3.8, 4) is 5.75 Å². The molecule has 2 aromatic rings. The Bertz CT molecular complexity index is 870. The van der Waals surface area contributed by atoms with Crippen molar-refractivity contribution in [2.45, 2.75) is 20.3 Å². The summed E-state index contributed by atoms with van der Waals surface area (Å²) in [6, 6.07) is 11.4. The quantitative estimate of drug-likeness (QED) is 0.451. The lowest BCUT2D eigenvalue weighted by atomic mass is 10.1. The van der Waals surface area contributed by atoms with E-state index in [-0.39, 0.29) is 5.75 Å². The van der Waals surface area contributed by atoms with Gasteiger partial charge in [-0.3, -0.25) is 0 Å². The maximum Gasteiger partial charge on any atom is 0.125 e. The second-order valence-corrected chi connectivity index (χ2v) is 6.49. The standard InChI is InChI=1S/C21H22BrN3O/c1-4-11-23-14-25-19(18-12-17(22)9-10-20(18)26)13-24-21-15(3)7-6-8-16(21)5-2/h4,6-14,24,26H,1,5H2,2-3H3/b19-13+,23-11-,25-14+. The molecule has 0 aliphatic rings. The van der Waals surface area contributed by atoms with Crippen molar-refractivity contribution in [2.75, 3.05) is 5.32 Å². The van der Waals surface area contributed by atoms with E-state index in [1.165, 1.54) is 11.9 Å². The second-order valence-electron chi connectivity index (χ2n) is 5.58. The largest absolute Gasteiger partial charge is 0.507 e. The first-order chi connectivity index (χ1) is 12.6. The van der Waals surface area contributed by atoms with Crippen molar-refractivity contribution < 1.29 is 5.11 Å². The lowest BCUT2D eigenvalue weighted by Crippen LogP contribution is -1.98. The first-order valence-electron chi connectivity index (χ1n) is 8.27. The highest BCUT2D eigenvalue weighted by molar-refractivity contribution is 9.10. The number of nitrogens with one attached hydrogen (secondary N) is 1. The van der Waals surface area contributed by atoms with Gasteiger partial charge in [-0.05, 0) is 42.7 Å². The van der Waals surface area contributed by atoms with Crippen LogP contribution in [0.15, 0.2) is 69.7 Å². The van der Waals surface area contributed by atoms with Crippen LogP contribution >= 0.6 is 15.9 Å². The molecule has 0 saturated heterocycles. The highest BCUT2D eigenvalue weighted by Crippen LogP contribution is 2.30. The van der Waals surface area contributed by atoms with Gasteiger partial charge in [-0.1, -0.05) is 53.7 Å². The third kappa shape index (κ3) is 5.17. The molecule has 2 aromatic carbocycles. The normalized spacial score (nSPS) is 12.0. The highest BCUT2D eigenvalue weighted by atomic mass is 79.9. The van der Waals surface area contributed by atoms with Gasteiger partial charge in [0.15, 0.2) is 0 Å². The fourth-order valence-electron chi connectivity index (χ4n) is 2.46. The Morgan fingerprint density at radius 1 is 1.31 bits per heavy atom. The van der Waals surface area contributed by atoms with Gasteiger partial charge in [-0.25, -0.2) is 9.98 Å². The van der Waals surface area contributed by atoms with Gasteiger partial charge in [0.05, 0.1) is 5.70 Å². The zero-order chi connectivity index (χ0) is 18.9. The summed E-state index contributed by atoms with van der Waals surface area (Å²) < 4.78 is 0.853. The maximum absolute atomic E-state index is 10.2. The number of allylic oxidation sites excluding steroid dienone is 1. The van der Waals surface area contributed by atoms with E-state index in [4.69, 9.17) is 0 Å². The Morgan fingerprint density at radius 2 is 2.12 bits per heavy atom. The summed E-state index contributed by atoms with van der Waals surface area (Å²) in [6.07, 6.45) is 7.25. The number of phenols is 1. The molecule has 5 heteroatoms. The summed E-state index contributed by atoms with van der Waals surface area (Å²) >= 11 is 3.43. The Balaban J connectivity index is 2.45. The smallest absolute Gasteiger partial charge is 0.125 e. The van der Waals surface area contributed by atoms with Gasteiger partial charge in [0.2, 0.25) is 0 Å². The molecular formula is C21H22BrN3O. The topological polar surface area (TPSA) is 57.0 Å². The SMILES string of the molecule is C=C\C=N/C=N/C(=C/Nc1c(C)cccc1CC)c1cc(Br)ccc1O. The number of hydrogen-bond acceptors (Lipinski definition) is 3. The zero-order valence-electron chi connectivity index (χ0n) is 14.9. The summed E-state index contributed by atoms with van der Waals surface area (Å²) in [4.78, 5) is 8.40. The minimum Gasteiger partial charge on any atom is -0.507 e. The van der Waals surface area contributed by atoms with Gasteiger partial charge < -0.3 is 10.4 Å². The minimum absolute atomic E-state index is 0.145. The average molecular weight is 412 g/mol. The molecule has 0 atom stereocenters. The molecule has 0 radical (unpaired) electrons. The minimum atomic E-state index is 0.145. The Morgan fingerprint density at radius 3 is 2.85 bits per heavy atom. The van der Waals surface area contributed by atoms with Gasteiger partial charge in [-0.2, -0.15) is 0 Å². The number of aryl methyl sites for hydroxylation is 2. The number of anilines is 1. The van der Waals surface area contributed by atoms with Crippen molar-refractivity contribution in [3.63, 3.8) is 0 Å². The molecule has 0 aromatic heterocycles. The fraction of sp³-hybridized carbons (Fsp3) is 0.143. The molecule has 0 aliphatic carbocycles. The maximum atomic E-state index is 10.2. The molecule has 0 aliphatic heterocycles. The first kappa shape index (κ1) is 19.7. The number of para-hydroxylation sites is 1. The van der Waals surface area contributed by atoms with Crippen LogP contribution in [0.5, 0.6) is 5.75 Å². The van der Waals surface area contributed by atoms with Crippen LogP contribution in [-0.4, -0.2) is 17.7 Å². The van der Waals surface area contributed by atoms with Crippen LogP contribution in [0.25, 0.3) is 5.70 Å². The summed E-state index contributed by atoms with van der Waals surface area (Å²) in [5, 5.41) is 13.6. The molecule has 0 spiro atoms. The van der Waals surface area contributed by atoms with Crippen LogP contribution in [0.3, 0.4) is 0 Å². The molecule has 0 bridgehead atoms. The molecule has 0 amide bonds. The number of aliphatic imine (C=N–C) groups is 2. The Kier molecular flexibility index (Phi) is 7.36. The zero-order valence-corrected chi connectivity index (χ0v) is 16.5. The average Bonchev–Trinajstić information content (AvgIpc) is 2.64. The molecule has 2 rings (SSSR count). The number of nitrogens with zero attached hydrogens (tertiary/aromatic N) is 2.